The maximum absolute atomic E-state index is 14.9. The Bertz CT molecular complexity index is 602. The van der Waals surface area contributed by atoms with Gasteiger partial charge in [0.2, 0.25) is 0 Å². The molecule has 0 aromatic carbocycles. The van der Waals surface area contributed by atoms with Crippen molar-refractivity contribution in [3.8, 4) is 0 Å². The maximum atomic E-state index is 14.9. The van der Waals surface area contributed by atoms with E-state index in [9.17, 15) is 4.39 Å². The van der Waals surface area contributed by atoms with Gasteiger partial charge in [0.1, 0.15) is 5.73 Å². The van der Waals surface area contributed by atoms with Gasteiger partial charge < -0.3 is 9.31 Å². The van der Waals surface area contributed by atoms with Crippen LogP contribution in [0.3, 0.4) is 0 Å². The molecule has 0 radical (unpaired) electrons. The lowest BCUT2D eigenvalue weighted by atomic mass is 9.84. The largest absolute Gasteiger partial charge is 0.525 e. The number of rotatable bonds is 3. The summed E-state index contributed by atoms with van der Waals surface area (Å²) in [6, 6.07) is 0.455. The van der Waals surface area contributed by atoms with Crippen LogP contribution in [0.5, 0.6) is 0 Å². The molecule has 0 spiro atoms. The third-order valence-electron chi connectivity index (χ3n) is 5.55. The fourth-order valence-corrected chi connectivity index (χ4v) is 3.16. The zero-order valence-corrected chi connectivity index (χ0v) is 14.7. The molecule has 0 unspecified atom stereocenters. The monoisotopic (exact) mass is 320 g/mol. The van der Waals surface area contributed by atoms with E-state index in [4.69, 9.17) is 9.31 Å². The highest BCUT2D eigenvalue weighted by Gasteiger charge is 2.53. The van der Waals surface area contributed by atoms with Gasteiger partial charge in [-0.1, -0.05) is 12.8 Å². The van der Waals surface area contributed by atoms with E-state index >= 15 is 0 Å². The van der Waals surface area contributed by atoms with E-state index in [-0.39, 0.29) is 5.73 Å². The lowest BCUT2D eigenvalue weighted by molar-refractivity contribution is 0.00578. The van der Waals surface area contributed by atoms with E-state index in [2.05, 4.69) is 5.10 Å². The highest BCUT2D eigenvalue weighted by Crippen LogP contribution is 2.40. The van der Waals surface area contributed by atoms with Crippen LogP contribution in [0.2, 0.25) is 0 Å². The molecule has 1 aromatic rings. The zero-order valence-electron chi connectivity index (χ0n) is 14.7. The van der Waals surface area contributed by atoms with Crippen molar-refractivity contribution in [1.29, 1.82) is 0 Å². The molecule has 126 valence electrons. The molecule has 1 aliphatic carbocycles. The number of aromatic nitrogens is 2. The predicted molar refractivity (Wildman–Crippen MR) is 89.5 cm³/mol. The minimum Gasteiger partial charge on any atom is -0.398 e. The fourth-order valence-electron chi connectivity index (χ4n) is 3.16. The van der Waals surface area contributed by atoms with Gasteiger partial charge in [0, 0.05) is 11.8 Å². The summed E-state index contributed by atoms with van der Waals surface area (Å²) in [5, 5.41) is 4.42. The molecular weight excluding hydrogens is 294 g/mol. The normalized spacial score (nSPS) is 25.0. The van der Waals surface area contributed by atoms with Gasteiger partial charge in [0.05, 0.1) is 23.4 Å². The van der Waals surface area contributed by atoms with E-state index in [1.165, 1.54) is 12.8 Å². The van der Waals surface area contributed by atoms with E-state index in [1.54, 1.807) is 13.1 Å². The predicted octanol–water partition coefficient (Wildman–Crippen LogP) is 4.33. The summed E-state index contributed by atoms with van der Waals surface area (Å²) in [4.78, 5) is 0. The second-order valence-corrected chi connectivity index (χ2v) is 7.71. The minimum absolute atomic E-state index is 0.366. The summed E-state index contributed by atoms with van der Waals surface area (Å²) in [6.45, 7) is 9.46. The third kappa shape index (κ3) is 2.99. The molecule has 2 aliphatic rings. The van der Waals surface area contributed by atoms with Crippen molar-refractivity contribution in [2.45, 2.75) is 77.5 Å². The summed E-state index contributed by atoms with van der Waals surface area (Å²) in [5.41, 5.74) is -0.112. The van der Waals surface area contributed by atoms with E-state index < -0.39 is 18.3 Å². The van der Waals surface area contributed by atoms with Gasteiger partial charge in [0.15, 0.2) is 0 Å². The summed E-state index contributed by atoms with van der Waals surface area (Å²) in [7, 11) is -0.949. The van der Waals surface area contributed by atoms with E-state index in [1.807, 2.05) is 38.6 Å². The van der Waals surface area contributed by atoms with Gasteiger partial charge in [0.25, 0.3) is 0 Å². The first-order valence-corrected chi connectivity index (χ1v) is 8.48. The van der Waals surface area contributed by atoms with Crippen LogP contribution in [0.15, 0.2) is 18.1 Å². The molecule has 3 rings (SSSR count). The lowest BCUT2D eigenvalue weighted by Crippen LogP contribution is -2.41. The molecule has 1 aliphatic heterocycles. The molecular formula is C17H26BFN2O2. The fraction of sp³-hybridized carbons (Fsp3) is 0.706. The second kappa shape index (κ2) is 5.74. The quantitative estimate of drug-likeness (QED) is 0.778. The second-order valence-electron chi connectivity index (χ2n) is 7.71. The van der Waals surface area contributed by atoms with Crippen LogP contribution in [-0.4, -0.2) is 28.1 Å². The number of allylic oxidation sites excluding steroid dienone is 1. The molecule has 2 fully saturated rings. The van der Waals surface area contributed by atoms with Crippen LogP contribution >= 0.6 is 0 Å². The molecule has 0 bridgehead atoms. The van der Waals surface area contributed by atoms with Crippen LogP contribution in [0.25, 0.3) is 5.57 Å². The Morgan fingerprint density at radius 2 is 1.78 bits per heavy atom. The Balaban J connectivity index is 1.81. The van der Waals surface area contributed by atoms with Crippen molar-refractivity contribution < 1.29 is 13.7 Å². The molecule has 0 N–H and O–H groups in total. The molecule has 1 saturated heterocycles. The highest BCUT2D eigenvalue weighted by atomic mass is 19.1. The Hall–Kier alpha value is -1.14. The first-order valence-electron chi connectivity index (χ1n) is 8.48. The van der Waals surface area contributed by atoms with E-state index in [0.717, 1.165) is 18.4 Å². The Labute approximate surface area is 138 Å². The van der Waals surface area contributed by atoms with Crippen molar-refractivity contribution in [2.24, 2.45) is 0 Å². The maximum Gasteiger partial charge on any atom is 0.525 e. The van der Waals surface area contributed by atoms with Crippen molar-refractivity contribution >= 4 is 12.7 Å². The van der Waals surface area contributed by atoms with Crippen molar-refractivity contribution in [3.05, 3.63) is 23.7 Å². The number of halogens is 1. The van der Waals surface area contributed by atoms with Crippen molar-refractivity contribution in [3.63, 3.8) is 0 Å². The van der Waals surface area contributed by atoms with Crippen LogP contribution in [0.1, 0.15) is 71.9 Å². The molecule has 4 nitrogen and oxygen atoms in total. The molecule has 0 atom stereocenters. The van der Waals surface area contributed by atoms with Gasteiger partial charge in [-0.25, -0.2) is 4.39 Å². The summed E-state index contributed by atoms with van der Waals surface area (Å²) in [6.07, 6.45) is 8.48. The topological polar surface area (TPSA) is 36.3 Å². The van der Waals surface area contributed by atoms with Crippen LogP contribution in [0.4, 0.5) is 4.39 Å². The number of hydrogen-bond donors (Lipinski definition) is 0. The summed E-state index contributed by atoms with van der Waals surface area (Å²) in [5.74, 6) is 0. The average Bonchev–Trinajstić information content (AvgIpc) is 3.17. The minimum atomic E-state index is -0.949. The standard InChI is InChI=1S/C17H26BFN2O2/c1-12(13-10-20-21(11-13)14-8-6-7-9-14)15(19)18-22-16(2,3)17(4,5)23-18/h10-11,14H,6-9H2,1-5H3. The van der Waals surface area contributed by atoms with Gasteiger partial charge >= 0.3 is 7.12 Å². The van der Waals surface area contributed by atoms with Crippen LogP contribution in [-0.2, 0) is 9.31 Å². The van der Waals surface area contributed by atoms with Crippen LogP contribution in [0, 0.1) is 0 Å². The van der Waals surface area contributed by atoms with Gasteiger partial charge in [-0.05, 0) is 53.0 Å². The molecule has 6 heteroatoms. The number of hydrogen-bond acceptors (Lipinski definition) is 3. The Morgan fingerprint density at radius 1 is 1.22 bits per heavy atom. The van der Waals surface area contributed by atoms with Crippen molar-refractivity contribution in [2.75, 3.05) is 0 Å². The first-order chi connectivity index (χ1) is 10.7. The van der Waals surface area contributed by atoms with E-state index in [0.29, 0.717) is 11.6 Å². The first kappa shape index (κ1) is 16.7. The molecule has 0 amide bonds. The molecule has 1 saturated carbocycles. The SMILES string of the molecule is CC(=C(F)B1OC(C)(C)C(C)(C)O1)c1cnn(C2CCCC2)c1. The Kier molecular flexibility index (Phi) is 4.17. The molecule has 2 heterocycles. The molecule has 23 heavy (non-hydrogen) atoms. The summed E-state index contributed by atoms with van der Waals surface area (Å²) >= 11 is 0. The summed E-state index contributed by atoms with van der Waals surface area (Å²) < 4.78 is 28.4. The van der Waals surface area contributed by atoms with Gasteiger partial charge in [-0.2, -0.15) is 5.10 Å². The average molecular weight is 320 g/mol. The molecule has 1 aromatic heterocycles. The van der Waals surface area contributed by atoms with Crippen LogP contribution < -0.4 is 0 Å². The number of nitrogens with zero attached hydrogens (tertiary/aromatic N) is 2. The highest BCUT2D eigenvalue weighted by molar-refractivity contribution is 6.55. The van der Waals surface area contributed by atoms with Gasteiger partial charge in [-0.3, -0.25) is 4.68 Å². The van der Waals surface area contributed by atoms with Gasteiger partial charge in [-0.15, -0.1) is 0 Å². The Morgan fingerprint density at radius 3 is 2.35 bits per heavy atom. The lowest BCUT2D eigenvalue weighted by Gasteiger charge is -2.32. The third-order valence-corrected chi connectivity index (χ3v) is 5.55. The van der Waals surface area contributed by atoms with Crippen molar-refractivity contribution in [1.82, 2.24) is 9.78 Å². The smallest absolute Gasteiger partial charge is 0.398 e. The zero-order chi connectivity index (χ0) is 16.8.